The van der Waals surface area contributed by atoms with Gasteiger partial charge in [0, 0.05) is 23.7 Å². The molecule has 2 aromatic heterocycles. The number of aromatic amines is 2. The van der Waals surface area contributed by atoms with Crippen LogP contribution >= 0.6 is 0 Å². The van der Waals surface area contributed by atoms with Crippen LogP contribution in [0.5, 0.6) is 0 Å². The molecule has 0 fully saturated rings. The van der Waals surface area contributed by atoms with Crippen LogP contribution < -0.4 is 17.0 Å². The molecule has 3 rings (SSSR count). The van der Waals surface area contributed by atoms with Gasteiger partial charge in [-0.2, -0.15) is 0 Å². The number of nitrogens with two attached hydrogens (primary N) is 1. The largest absolute Gasteiger partial charge is 0.477 e. The highest BCUT2D eigenvalue weighted by atomic mass is 16.4. The van der Waals surface area contributed by atoms with Crippen LogP contribution in [0.2, 0.25) is 0 Å². The molecule has 0 aliphatic rings. The van der Waals surface area contributed by atoms with Gasteiger partial charge >= 0.3 is 11.7 Å². The first-order valence-electron chi connectivity index (χ1n) is 8.19. The second-order valence-electron chi connectivity index (χ2n) is 5.62. The molecule has 0 aliphatic heterocycles. The second kappa shape index (κ2) is 9.41. The number of nitrogens with one attached hydrogen (secondary N) is 2. The van der Waals surface area contributed by atoms with Crippen molar-refractivity contribution in [1.29, 1.82) is 0 Å². The number of nitrogens with zero attached hydrogens (tertiary/aromatic N) is 1. The number of hydrogen-bond donors (Lipinski definition) is 5. The van der Waals surface area contributed by atoms with E-state index >= 15 is 0 Å². The number of carboxylic acids is 1. The first-order chi connectivity index (χ1) is 13.0. The second-order valence-corrected chi connectivity index (χ2v) is 5.62. The lowest BCUT2D eigenvalue weighted by Gasteiger charge is -2.05. The number of carbonyl (C=O) groups is 1. The minimum Gasteiger partial charge on any atom is -0.477 e. The fourth-order valence-electron chi connectivity index (χ4n) is 2.46. The van der Waals surface area contributed by atoms with Crippen molar-refractivity contribution in [1.82, 2.24) is 15.0 Å². The van der Waals surface area contributed by atoms with Crippen LogP contribution in [0.15, 0.2) is 46.1 Å². The lowest BCUT2D eigenvalue weighted by molar-refractivity contribution is 0.0688. The molecule has 0 amide bonds. The molecule has 9 nitrogen and oxygen atoms in total. The minimum atomic E-state index is -1.33. The Kier molecular flexibility index (Phi) is 6.98. The van der Waals surface area contributed by atoms with E-state index in [0.29, 0.717) is 13.0 Å². The van der Waals surface area contributed by atoms with E-state index in [1.165, 1.54) is 0 Å². The molecular formula is C18H20N4O5. The number of aliphatic hydroxyl groups excluding tert-OH is 1. The maximum absolute atomic E-state index is 11.8. The number of para-hydroxylation sites is 1. The number of hydrogen-bond acceptors (Lipinski definition) is 6. The Morgan fingerprint density at radius 1 is 1.15 bits per heavy atom. The van der Waals surface area contributed by atoms with Gasteiger partial charge in [-0.1, -0.05) is 18.2 Å². The maximum Gasteiger partial charge on any atom is 0.352 e. The van der Waals surface area contributed by atoms with Gasteiger partial charge < -0.3 is 20.9 Å². The third kappa shape index (κ3) is 5.33. The van der Waals surface area contributed by atoms with Crippen molar-refractivity contribution in [3.63, 3.8) is 0 Å². The normalized spacial score (nSPS) is 10.3. The van der Waals surface area contributed by atoms with Crippen LogP contribution in [-0.4, -0.2) is 44.3 Å². The van der Waals surface area contributed by atoms with E-state index in [0.717, 1.165) is 16.5 Å². The van der Waals surface area contributed by atoms with Crippen molar-refractivity contribution in [2.75, 3.05) is 13.2 Å². The number of carboxylic acid groups (broad SMARTS) is 1. The number of fused-ring (bicyclic) bond motifs is 1. The van der Waals surface area contributed by atoms with Gasteiger partial charge in [0.1, 0.15) is 5.69 Å². The summed E-state index contributed by atoms with van der Waals surface area (Å²) in [7, 11) is 0. The van der Waals surface area contributed by atoms with E-state index in [1.54, 1.807) is 6.20 Å². The standard InChI is InChI=1S/C16H13N3O4.C2H7NO/c20-14-11(13(15(21)22)18-16(23)19-14)6-5-9-7-10-3-1-2-4-12(10)17-8-9;3-1-2-4/h1-4,7-8H,5-6H2,(H,21,22)(H2,18,19,20,23);4H,1-3H2. The van der Waals surface area contributed by atoms with Crippen molar-refractivity contribution in [3.8, 4) is 0 Å². The average Bonchev–Trinajstić information content (AvgIpc) is 2.66. The van der Waals surface area contributed by atoms with E-state index in [-0.39, 0.29) is 24.3 Å². The molecule has 0 unspecified atom stereocenters. The molecule has 0 aliphatic carbocycles. The molecule has 6 N–H and O–H groups in total. The third-order valence-electron chi connectivity index (χ3n) is 3.70. The zero-order valence-electron chi connectivity index (χ0n) is 14.4. The van der Waals surface area contributed by atoms with E-state index in [2.05, 4.69) is 15.0 Å². The molecule has 0 atom stereocenters. The number of aliphatic hydroxyl groups is 1. The molecule has 0 bridgehead atoms. The Balaban J connectivity index is 0.000000596. The van der Waals surface area contributed by atoms with Gasteiger partial charge in [-0.15, -0.1) is 0 Å². The van der Waals surface area contributed by atoms with Crippen molar-refractivity contribution >= 4 is 16.9 Å². The molecule has 2 heterocycles. The average molecular weight is 372 g/mol. The fourth-order valence-corrected chi connectivity index (χ4v) is 2.46. The number of aryl methyl sites for hydroxylation is 1. The summed E-state index contributed by atoms with van der Waals surface area (Å²) >= 11 is 0. The van der Waals surface area contributed by atoms with Crippen molar-refractivity contribution in [2.45, 2.75) is 12.8 Å². The number of pyridine rings is 1. The number of aromatic nitrogens is 3. The summed E-state index contributed by atoms with van der Waals surface area (Å²) in [5.41, 5.74) is 4.69. The molecule has 0 saturated heterocycles. The number of rotatable bonds is 5. The fraction of sp³-hybridized carbons (Fsp3) is 0.222. The molecule has 0 saturated carbocycles. The van der Waals surface area contributed by atoms with Crippen molar-refractivity contribution in [2.24, 2.45) is 5.73 Å². The van der Waals surface area contributed by atoms with E-state index < -0.39 is 17.2 Å². The summed E-state index contributed by atoms with van der Waals surface area (Å²) in [6.07, 6.45) is 2.32. The molecule has 0 radical (unpaired) electrons. The van der Waals surface area contributed by atoms with Gasteiger partial charge in [0.25, 0.3) is 5.56 Å². The number of benzene rings is 1. The number of H-pyrrole nitrogens is 2. The van der Waals surface area contributed by atoms with E-state index in [9.17, 15) is 14.4 Å². The van der Waals surface area contributed by atoms with Crippen LogP contribution in [-0.2, 0) is 12.8 Å². The topological polar surface area (TPSA) is 162 Å². The predicted molar refractivity (Wildman–Crippen MR) is 99.9 cm³/mol. The highest BCUT2D eigenvalue weighted by molar-refractivity contribution is 5.86. The summed E-state index contributed by atoms with van der Waals surface area (Å²) in [5.74, 6) is -1.33. The molecule has 9 heteroatoms. The van der Waals surface area contributed by atoms with E-state index in [4.69, 9.17) is 15.9 Å². The maximum atomic E-state index is 11.8. The SMILES string of the molecule is NCCO.O=C(O)c1[nH]c(=O)[nH]c(=O)c1CCc1cnc2ccccc2c1. The smallest absolute Gasteiger partial charge is 0.352 e. The summed E-state index contributed by atoms with van der Waals surface area (Å²) in [4.78, 5) is 42.8. The molecule has 1 aromatic carbocycles. The van der Waals surface area contributed by atoms with E-state index in [1.807, 2.05) is 30.3 Å². The van der Waals surface area contributed by atoms with Gasteiger partial charge in [-0.3, -0.25) is 14.8 Å². The Bertz CT molecular complexity index is 1040. The highest BCUT2D eigenvalue weighted by Gasteiger charge is 2.15. The third-order valence-corrected chi connectivity index (χ3v) is 3.70. The lowest BCUT2D eigenvalue weighted by atomic mass is 10.0. The van der Waals surface area contributed by atoms with Crippen LogP contribution in [0, 0.1) is 0 Å². The molecular weight excluding hydrogens is 352 g/mol. The Hall–Kier alpha value is -3.30. The van der Waals surface area contributed by atoms with Gasteiger partial charge in [0.2, 0.25) is 0 Å². The molecule has 3 aromatic rings. The highest BCUT2D eigenvalue weighted by Crippen LogP contribution is 2.14. The van der Waals surface area contributed by atoms with Crippen LogP contribution in [0.1, 0.15) is 21.6 Å². The zero-order chi connectivity index (χ0) is 19.8. The predicted octanol–water partition coefficient (Wildman–Crippen LogP) is 0.0322. The van der Waals surface area contributed by atoms with Gasteiger partial charge in [-0.05, 0) is 30.5 Å². The molecule has 27 heavy (non-hydrogen) atoms. The van der Waals surface area contributed by atoms with Crippen molar-refractivity contribution in [3.05, 3.63) is 74.2 Å². The summed E-state index contributed by atoms with van der Waals surface area (Å²) < 4.78 is 0. The van der Waals surface area contributed by atoms with Gasteiger partial charge in [0.05, 0.1) is 12.1 Å². The Morgan fingerprint density at radius 2 is 1.85 bits per heavy atom. The van der Waals surface area contributed by atoms with Crippen LogP contribution in [0.25, 0.3) is 10.9 Å². The lowest BCUT2D eigenvalue weighted by Crippen LogP contribution is -2.30. The monoisotopic (exact) mass is 372 g/mol. The first-order valence-corrected chi connectivity index (χ1v) is 8.19. The van der Waals surface area contributed by atoms with Crippen molar-refractivity contribution < 1.29 is 15.0 Å². The minimum absolute atomic E-state index is 0.0465. The summed E-state index contributed by atoms with van der Waals surface area (Å²) in [6, 6.07) is 9.58. The van der Waals surface area contributed by atoms with Crippen LogP contribution in [0.4, 0.5) is 0 Å². The molecule has 0 spiro atoms. The summed E-state index contributed by atoms with van der Waals surface area (Å²) in [5, 5.41) is 17.8. The Labute approximate surface area is 153 Å². The Morgan fingerprint density at radius 3 is 2.52 bits per heavy atom. The quantitative estimate of drug-likeness (QED) is 0.422. The zero-order valence-corrected chi connectivity index (χ0v) is 14.4. The molecule has 142 valence electrons. The van der Waals surface area contributed by atoms with Gasteiger partial charge in [-0.25, -0.2) is 9.59 Å². The summed E-state index contributed by atoms with van der Waals surface area (Å²) in [6.45, 7) is 0.472. The first kappa shape index (κ1) is 20.0. The number of aromatic carboxylic acids is 1. The van der Waals surface area contributed by atoms with Gasteiger partial charge in [0.15, 0.2) is 0 Å². The van der Waals surface area contributed by atoms with Crippen LogP contribution in [0.3, 0.4) is 0 Å².